The van der Waals surface area contributed by atoms with E-state index >= 15 is 0 Å². The van der Waals surface area contributed by atoms with Crippen molar-refractivity contribution in [1.29, 1.82) is 0 Å². The van der Waals surface area contributed by atoms with Gasteiger partial charge in [-0.05, 0) is 68.3 Å². The second-order valence-corrected chi connectivity index (χ2v) is 9.72. The molecule has 1 heterocycles. The van der Waals surface area contributed by atoms with E-state index in [1.54, 1.807) is 36.4 Å². The molecule has 1 N–H and O–H groups in total. The fraction of sp³-hybridized carbons (Fsp3) is 0.310. The van der Waals surface area contributed by atoms with Crippen molar-refractivity contribution in [3.63, 3.8) is 0 Å². The van der Waals surface area contributed by atoms with Gasteiger partial charge in [0.05, 0.1) is 19.7 Å². The average molecular weight is 534 g/mol. The van der Waals surface area contributed by atoms with Gasteiger partial charge in [-0.25, -0.2) is 9.07 Å². The number of amides is 2. The molecule has 0 aliphatic rings. The van der Waals surface area contributed by atoms with Crippen molar-refractivity contribution in [2.24, 2.45) is 0 Å². The van der Waals surface area contributed by atoms with E-state index in [-0.39, 0.29) is 12.2 Å². The van der Waals surface area contributed by atoms with Gasteiger partial charge in [0.15, 0.2) is 11.5 Å². The SMILES string of the molecule is CCC(C)(C)NC(=O)[C@H](c1ccc(OC)c(OC)c1)N(C(=O)Cn1nnc2ccccc21)c1cccc(F)c1. The van der Waals surface area contributed by atoms with E-state index in [1.165, 1.54) is 42.0 Å². The Balaban J connectivity index is 1.87. The van der Waals surface area contributed by atoms with Crippen molar-refractivity contribution in [2.45, 2.75) is 45.3 Å². The summed E-state index contributed by atoms with van der Waals surface area (Å²) in [5.74, 6) is -0.615. The van der Waals surface area contributed by atoms with Gasteiger partial charge in [-0.2, -0.15) is 0 Å². The first-order chi connectivity index (χ1) is 18.7. The minimum atomic E-state index is -1.17. The number of methoxy groups -OCH3 is 2. The van der Waals surface area contributed by atoms with Crippen LogP contribution in [0.15, 0.2) is 66.7 Å². The number of carbonyl (C=O) groups is 2. The number of nitrogens with zero attached hydrogens (tertiary/aromatic N) is 4. The van der Waals surface area contributed by atoms with Crippen molar-refractivity contribution in [3.8, 4) is 11.5 Å². The van der Waals surface area contributed by atoms with Crippen LogP contribution in [0, 0.1) is 5.82 Å². The minimum absolute atomic E-state index is 0.216. The van der Waals surface area contributed by atoms with Gasteiger partial charge in [-0.1, -0.05) is 36.4 Å². The van der Waals surface area contributed by atoms with E-state index in [1.807, 2.05) is 32.9 Å². The number of benzene rings is 3. The highest BCUT2D eigenvalue weighted by Gasteiger charge is 2.36. The molecule has 2 amide bonds. The number of para-hydroxylation sites is 1. The van der Waals surface area contributed by atoms with Crippen molar-refractivity contribution in [2.75, 3.05) is 19.1 Å². The molecule has 0 bridgehead atoms. The Morgan fingerprint density at radius 1 is 1.03 bits per heavy atom. The zero-order valence-corrected chi connectivity index (χ0v) is 22.6. The van der Waals surface area contributed by atoms with Gasteiger partial charge >= 0.3 is 0 Å². The molecule has 10 heteroatoms. The molecule has 39 heavy (non-hydrogen) atoms. The second-order valence-electron chi connectivity index (χ2n) is 9.72. The Bertz CT molecular complexity index is 1490. The Morgan fingerprint density at radius 2 is 1.77 bits per heavy atom. The fourth-order valence-corrected chi connectivity index (χ4v) is 4.23. The van der Waals surface area contributed by atoms with Crippen molar-refractivity contribution in [3.05, 3.63) is 78.1 Å². The van der Waals surface area contributed by atoms with Crippen LogP contribution in [0.4, 0.5) is 10.1 Å². The minimum Gasteiger partial charge on any atom is -0.493 e. The topological polar surface area (TPSA) is 98.6 Å². The van der Waals surface area contributed by atoms with Gasteiger partial charge in [-0.15, -0.1) is 5.10 Å². The summed E-state index contributed by atoms with van der Waals surface area (Å²) in [6.45, 7) is 5.52. The van der Waals surface area contributed by atoms with Gasteiger partial charge in [0.1, 0.15) is 23.9 Å². The van der Waals surface area contributed by atoms with Crippen LogP contribution in [0.2, 0.25) is 0 Å². The Hall–Kier alpha value is -4.47. The van der Waals surface area contributed by atoms with Crippen LogP contribution in [0.1, 0.15) is 38.8 Å². The number of anilines is 1. The number of aromatic nitrogens is 3. The van der Waals surface area contributed by atoms with E-state index in [0.29, 0.717) is 34.5 Å². The summed E-state index contributed by atoms with van der Waals surface area (Å²) in [6, 6.07) is 16.7. The second kappa shape index (κ2) is 11.5. The lowest BCUT2D eigenvalue weighted by molar-refractivity contribution is -0.128. The predicted octanol–water partition coefficient (Wildman–Crippen LogP) is 4.67. The van der Waals surface area contributed by atoms with Crippen molar-refractivity contribution in [1.82, 2.24) is 20.3 Å². The van der Waals surface area contributed by atoms with Crippen LogP contribution < -0.4 is 19.7 Å². The van der Waals surface area contributed by atoms with Gasteiger partial charge in [0.25, 0.3) is 0 Å². The standard InChI is InChI=1S/C29H32FN5O4/c1-6-29(2,3)31-28(37)27(19-14-15-24(38-4)25(16-19)39-5)35(21-11-9-10-20(30)17-21)26(36)18-34-23-13-8-7-12-22(23)32-33-34/h7-17,27H,6,18H2,1-5H3,(H,31,37)/t27-/m0/s1. The number of hydrogen-bond donors (Lipinski definition) is 1. The maximum Gasteiger partial charge on any atom is 0.249 e. The van der Waals surface area contributed by atoms with Crippen LogP contribution in [0.3, 0.4) is 0 Å². The highest BCUT2D eigenvalue weighted by Crippen LogP contribution is 2.35. The number of nitrogens with one attached hydrogen (secondary N) is 1. The number of carbonyl (C=O) groups excluding carboxylic acids is 2. The third-order valence-electron chi connectivity index (χ3n) is 6.64. The van der Waals surface area contributed by atoms with Crippen LogP contribution in [-0.4, -0.2) is 46.6 Å². The molecule has 0 unspecified atom stereocenters. The van der Waals surface area contributed by atoms with Crippen LogP contribution in [0.25, 0.3) is 11.0 Å². The number of fused-ring (bicyclic) bond motifs is 1. The predicted molar refractivity (Wildman–Crippen MR) is 146 cm³/mol. The molecule has 1 atom stereocenters. The lowest BCUT2D eigenvalue weighted by atomic mass is 9.98. The number of rotatable bonds is 10. The van der Waals surface area contributed by atoms with Crippen LogP contribution in [0.5, 0.6) is 11.5 Å². The summed E-state index contributed by atoms with van der Waals surface area (Å²) in [4.78, 5) is 29.4. The first-order valence-electron chi connectivity index (χ1n) is 12.6. The Labute approximate surface area is 226 Å². The third-order valence-corrected chi connectivity index (χ3v) is 6.64. The first kappa shape index (κ1) is 27.6. The molecule has 1 aromatic heterocycles. The Morgan fingerprint density at radius 3 is 2.46 bits per heavy atom. The highest BCUT2D eigenvalue weighted by atomic mass is 19.1. The molecule has 0 saturated heterocycles. The lowest BCUT2D eigenvalue weighted by Gasteiger charge is -2.34. The number of hydrogen-bond acceptors (Lipinski definition) is 6. The fourth-order valence-electron chi connectivity index (χ4n) is 4.23. The molecule has 204 valence electrons. The van der Waals surface area contributed by atoms with Gasteiger partial charge in [-0.3, -0.25) is 14.5 Å². The van der Waals surface area contributed by atoms with E-state index in [9.17, 15) is 14.0 Å². The smallest absolute Gasteiger partial charge is 0.249 e. The van der Waals surface area contributed by atoms with Crippen LogP contribution in [-0.2, 0) is 16.1 Å². The molecular weight excluding hydrogens is 501 g/mol. The molecule has 4 aromatic rings. The lowest BCUT2D eigenvalue weighted by Crippen LogP contribution is -2.51. The maximum atomic E-state index is 14.5. The summed E-state index contributed by atoms with van der Waals surface area (Å²) in [7, 11) is 3.00. The summed E-state index contributed by atoms with van der Waals surface area (Å²) >= 11 is 0. The van der Waals surface area contributed by atoms with Gasteiger partial charge in [0.2, 0.25) is 11.8 Å². The molecule has 0 fully saturated rings. The average Bonchev–Trinajstić information content (AvgIpc) is 3.33. The quantitative estimate of drug-likeness (QED) is 0.318. The molecule has 0 radical (unpaired) electrons. The molecular formula is C29H32FN5O4. The van der Waals surface area contributed by atoms with Gasteiger partial charge < -0.3 is 14.8 Å². The first-order valence-corrected chi connectivity index (χ1v) is 12.6. The molecule has 3 aromatic carbocycles. The summed E-state index contributed by atoms with van der Waals surface area (Å²) in [6.07, 6.45) is 0.649. The molecule has 0 aliphatic carbocycles. The van der Waals surface area contributed by atoms with E-state index in [4.69, 9.17) is 9.47 Å². The zero-order valence-electron chi connectivity index (χ0n) is 22.6. The van der Waals surface area contributed by atoms with Crippen LogP contribution >= 0.6 is 0 Å². The monoisotopic (exact) mass is 533 g/mol. The Kier molecular flexibility index (Phi) is 8.13. The van der Waals surface area contributed by atoms with Crippen molar-refractivity contribution < 1.29 is 23.5 Å². The summed E-state index contributed by atoms with van der Waals surface area (Å²) in [5, 5.41) is 11.3. The number of halogens is 1. The molecule has 0 spiro atoms. The third kappa shape index (κ3) is 6.00. The largest absolute Gasteiger partial charge is 0.493 e. The molecule has 4 rings (SSSR count). The summed E-state index contributed by atoms with van der Waals surface area (Å²) < 4.78 is 26.8. The number of ether oxygens (including phenoxy) is 2. The molecule has 0 saturated carbocycles. The summed E-state index contributed by atoms with van der Waals surface area (Å²) in [5.41, 5.74) is 1.39. The highest BCUT2D eigenvalue weighted by molar-refractivity contribution is 6.01. The normalized spacial score (nSPS) is 12.2. The van der Waals surface area contributed by atoms with Crippen molar-refractivity contribution >= 4 is 28.5 Å². The van der Waals surface area contributed by atoms with Gasteiger partial charge in [0, 0.05) is 11.2 Å². The van der Waals surface area contributed by atoms with E-state index < -0.39 is 29.2 Å². The zero-order chi connectivity index (χ0) is 28.2. The van der Waals surface area contributed by atoms with E-state index in [0.717, 1.165) is 0 Å². The maximum absolute atomic E-state index is 14.5. The molecule has 9 nitrogen and oxygen atoms in total. The van der Waals surface area contributed by atoms with E-state index in [2.05, 4.69) is 15.6 Å². The molecule has 0 aliphatic heterocycles.